The van der Waals surface area contributed by atoms with Crippen molar-refractivity contribution < 1.29 is 14.3 Å². The molecule has 0 aromatic heterocycles. The molecule has 2 rings (SSSR count). The van der Waals surface area contributed by atoms with Crippen molar-refractivity contribution in [1.82, 2.24) is 10.9 Å². The van der Waals surface area contributed by atoms with Crippen LogP contribution in [0.5, 0.6) is 5.75 Å². The maximum absolute atomic E-state index is 11.9. The summed E-state index contributed by atoms with van der Waals surface area (Å²) in [4.78, 5) is 23.6. The third kappa shape index (κ3) is 5.37. The second-order valence-corrected chi connectivity index (χ2v) is 6.48. The molecule has 23 heavy (non-hydrogen) atoms. The first-order chi connectivity index (χ1) is 11.0. The Hall–Kier alpha value is -1.86. The highest BCUT2D eigenvalue weighted by molar-refractivity contribution is 9.10. The van der Waals surface area contributed by atoms with E-state index in [1.165, 1.54) is 0 Å². The monoisotopic (exact) mass is 440 g/mol. The minimum absolute atomic E-state index is 0.195. The highest BCUT2D eigenvalue weighted by Gasteiger charge is 2.09. The Labute approximate surface area is 150 Å². The fraction of sp³-hybridized carbons (Fsp3) is 0.125. The maximum atomic E-state index is 11.9. The lowest BCUT2D eigenvalue weighted by molar-refractivity contribution is -0.123. The van der Waals surface area contributed by atoms with Crippen LogP contribution in [0.25, 0.3) is 0 Å². The normalized spacial score (nSPS) is 10.0. The van der Waals surface area contributed by atoms with E-state index in [1.807, 2.05) is 25.1 Å². The van der Waals surface area contributed by atoms with E-state index in [0.29, 0.717) is 11.3 Å². The Bertz CT molecular complexity index is 718. The molecule has 5 nitrogen and oxygen atoms in total. The van der Waals surface area contributed by atoms with Gasteiger partial charge in [-0.1, -0.05) is 37.9 Å². The fourth-order valence-corrected chi connectivity index (χ4v) is 2.29. The van der Waals surface area contributed by atoms with Gasteiger partial charge < -0.3 is 4.74 Å². The van der Waals surface area contributed by atoms with Crippen LogP contribution in [0.15, 0.2) is 51.4 Å². The number of hydrazine groups is 1. The molecule has 0 heterocycles. The molecule has 0 aliphatic rings. The van der Waals surface area contributed by atoms with Gasteiger partial charge in [-0.2, -0.15) is 0 Å². The van der Waals surface area contributed by atoms with E-state index in [2.05, 4.69) is 42.7 Å². The zero-order valence-electron chi connectivity index (χ0n) is 12.2. The molecule has 2 aromatic rings. The van der Waals surface area contributed by atoms with Crippen molar-refractivity contribution in [3.63, 3.8) is 0 Å². The minimum Gasteiger partial charge on any atom is -0.484 e. The Balaban J connectivity index is 1.80. The Morgan fingerprint density at radius 2 is 1.74 bits per heavy atom. The summed E-state index contributed by atoms with van der Waals surface area (Å²) in [5.74, 6) is -0.285. The fourth-order valence-electron chi connectivity index (χ4n) is 1.65. The number of carbonyl (C=O) groups is 2. The van der Waals surface area contributed by atoms with Crippen molar-refractivity contribution in [2.24, 2.45) is 0 Å². The van der Waals surface area contributed by atoms with Crippen LogP contribution in [-0.4, -0.2) is 18.4 Å². The van der Waals surface area contributed by atoms with Gasteiger partial charge in [0.1, 0.15) is 5.75 Å². The van der Waals surface area contributed by atoms with Crippen LogP contribution in [0, 0.1) is 6.92 Å². The number of halogens is 2. The van der Waals surface area contributed by atoms with E-state index >= 15 is 0 Å². The Kier molecular flexibility index (Phi) is 6.18. The van der Waals surface area contributed by atoms with E-state index in [1.54, 1.807) is 24.3 Å². The van der Waals surface area contributed by atoms with Gasteiger partial charge in [-0.25, -0.2) is 0 Å². The number of benzene rings is 2. The van der Waals surface area contributed by atoms with Crippen LogP contribution in [0.4, 0.5) is 0 Å². The summed E-state index contributed by atoms with van der Waals surface area (Å²) < 4.78 is 7.05. The van der Waals surface area contributed by atoms with Crippen LogP contribution in [0.3, 0.4) is 0 Å². The number of aryl methyl sites for hydroxylation is 1. The smallest absolute Gasteiger partial charge is 0.276 e. The van der Waals surface area contributed by atoms with Gasteiger partial charge in [0.25, 0.3) is 11.8 Å². The van der Waals surface area contributed by atoms with E-state index < -0.39 is 11.8 Å². The number of hydrogen-bond acceptors (Lipinski definition) is 3. The van der Waals surface area contributed by atoms with E-state index in [-0.39, 0.29) is 6.61 Å². The largest absolute Gasteiger partial charge is 0.484 e. The SMILES string of the molecule is Cc1ccc(C(=O)NNC(=O)COc2ccc(Br)cc2)cc1Br. The van der Waals surface area contributed by atoms with Crippen LogP contribution < -0.4 is 15.6 Å². The summed E-state index contributed by atoms with van der Waals surface area (Å²) in [6.45, 7) is 1.73. The number of amides is 2. The molecule has 2 aromatic carbocycles. The van der Waals surface area contributed by atoms with Crippen molar-refractivity contribution in [1.29, 1.82) is 0 Å². The van der Waals surface area contributed by atoms with E-state index in [0.717, 1.165) is 14.5 Å². The molecule has 2 amide bonds. The van der Waals surface area contributed by atoms with Crippen LogP contribution in [0.2, 0.25) is 0 Å². The third-order valence-electron chi connectivity index (χ3n) is 2.93. The molecule has 0 aliphatic heterocycles. The lowest BCUT2D eigenvalue weighted by atomic mass is 10.1. The second kappa shape index (κ2) is 8.12. The first-order valence-electron chi connectivity index (χ1n) is 6.69. The molecule has 0 atom stereocenters. The molecule has 0 unspecified atom stereocenters. The van der Waals surface area contributed by atoms with Crippen LogP contribution in [-0.2, 0) is 4.79 Å². The first kappa shape index (κ1) is 17.5. The van der Waals surface area contributed by atoms with Gasteiger partial charge in [-0.05, 0) is 48.9 Å². The summed E-state index contributed by atoms with van der Waals surface area (Å²) in [5.41, 5.74) is 6.12. The Morgan fingerprint density at radius 1 is 1.04 bits per heavy atom. The van der Waals surface area contributed by atoms with Crippen molar-refractivity contribution in [2.75, 3.05) is 6.61 Å². The summed E-state index contributed by atoms with van der Waals surface area (Å²) >= 11 is 6.67. The van der Waals surface area contributed by atoms with Crippen LogP contribution in [0.1, 0.15) is 15.9 Å². The van der Waals surface area contributed by atoms with Gasteiger partial charge in [0.2, 0.25) is 0 Å². The average Bonchev–Trinajstić information content (AvgIpc) is 2.54. The van der Waals surface area contributed by atoms with Gasteiger partial charge in [-0.15, -0.1) is 0 Å². The highest BCUT2D eigenvalue weighted by atomic mass is 79.9. The number of ether oxygens (including phenoxy) is 1. The minimum atomic E-state index is -0.451. The number of hydrogen-bond donors (Lipinski definition) is 2. The predicted octanol–water partition coefficient (Wildman–Crippen LogP) is 3.36. The molecule has 0 bridgehead atoms. The van der Waals surface area contributed by atoms with Crippen LogP contribution >= 0.6 is 31.9 Å². The second-order valence-electron chi connectivity index (χ2n) is 4.71. The molecule has 0 spiro atoms. The lowest BCUT2D eigenvalue weighted by Gasteiger charge is -2.09. The summed E-state index contributed by atoms with van der Waals surface area (Å²) in [6.07, 6.45) is 0. The van der Waals surface area contributed by atoms with E-state index in [4.69, 9.17) is 4.74 Å². The first-order valence-corrected chi connectivity index (χ1v) is 8.28. The molecule has 2 N–H and O–H groups in total. The zero-order valence-corrected chi connectivity index (χ0v) is 15.4. The van der Waals surface area contributed by atoms with Crippen molar-refractivity contribution in [2.45, 2.75) is 6.92 Å². The number of nitrogens with one attached hydrogen (secondary N) is 2. The number of rotatable bonds is 4. The van der Waals surface area contributed by atoms with Crippen molar-refractivity contribution in [3.8, 4) is 5.75 Å². The molecule has 0 fully saturated rings. The quantitative estimate of drug-likeness (QED) is 0.715. The topological polar surface area (TPSA) is 67.4 Å². The highest BCUT2D eigenvalue weighted by Crippen LogP contribution is 2.17. The van der Waals surface area contributed by atoms with Crippen molar-refractivity contribution in [3.05, 3.63) is 62.5 Å². The summed E-state index contributed by atoms with van der Waals surface area (Å²) in [7, 11) is 0. The Morgan fingerprint density at radius 3 is 2.39 bits per heavy atom. The summed E-state index contributed by atoms with van der Waals surface area (Å²) in [5, 5.41) is 0. The molecule has 0 saturated heterocycles. The van der Waals surface area contributed by atoms with Gasteiger partial charge in [0.05, 0.1) is 0 Å². The molecule has 0 radical (unpaired) electrons. The molecule has 120 valence electrons. The van der Waals surface area contributed by atoms with Crippen molar-refractivity contribution >= 4 is 43.7 Å². The van der Waals surface area contributed by atoms with Gasteiger partial charge >= 0.3 is 0 Å². The molecule has 0 aliphatic carbocycles. The van der Waals surface area contributed by atoms with Gasteiger partial charge in [0.15, 0.2) is 6.61 Å². The average molecular weight is 442 g/mol. The predicted molar refractivity (Wildman–Crippen MR) is 94.1 cm³/mol. The molecular weight excluding hydrogens is 428 g/mol. The van der Waals surface area contributed by atoms with Gasteiger partial charge in [0, 0.05) is 14.5 Å². The standard InChI is InChI=1S/C16H14Br2N2O3/c1-10-2-3-11(8-14(10)18)16(22)20-19-15(21)9-23-13-6-4-12(17)5-7-13/h2-8H,9H2,1H3,(H,19,21)(H,20,22). The zero-order chi connectivity index (χ0) is 16.8. The molecule has 0 saturated carbocycles. The molecular formula is C16H14Br2N2O3. The summed E-state index contributed by atoms with van der Waals surface area (Å²) in [6, 6.07) is 12.3. The van der Waals surface area contributed by atoms with E-state index in [9.17, 15) is 9.59 Å². The molecule has 7 heteroatoms. The number of carbonyl (C=O) groups excluding carboxylic acids is 2. The third-order valence-corrected chi connectivity index (χ3v) is 4.32. The maximum Gasteiger partial charge on any atom is 0.276 e. The lowest BCUT2D eigenvalue weighted by Crippen LogP contribution is -2.43. The van der Waals surface area contributed by atoms with Gasteiger partial charge in [-0.3, -0.25) is 20.4 Å².